The number of aromatic nitrogens is 1. The summed E-state index contributed by atoms with van der Waals surface area (Å²) in [6.07, 6.45) is 0.901. The zero-order valence-electron chi connectivity index (χ0n) is 13.4. The molecule has 2 aromatic rings. The van der Waals surface area contributed by atoms with Crippen molar-refractivity contribution in [2.24, 2.45) is 0 Å². The third kappa shape index (κ3) is 3.11. The molecule has 1 aromatic heterocycles. The molecule has 3 N–H and O–H groups in total. The van der Waals surface area contributed by atoms with Crippen LogP contribution in [-0.2, 0) is 10.0 Å². The van der Waals surface area contributed by atoms with Crippen molar-refractivity contribution in [3.8, 4) is 0 Å². The molecule has 1 aromatic carbocycles. The molecular weight excluding hydrogens is 351 g/mol. The maximum absolute atomic E-state index is 15.0. The average molecular weight is 370 g/mol. The van der Waals surface area contributed by atoms with Gasteiger partial charge in [-0.1, -0.05) is 0 Å². The first kappa shape index (κ1) is 17.1. The number of thiazole rings is 1. The standard InChI is InChI=1S/C15H19FN4O2S2/c1-9-5-11(24(21,22)20-12-7-23-8-19-12)14(16)15(17-2)13(9)10-3-4-18-6-10/h5,7-8,10,17-18,20H,3-4,6H2,1-2H3. The summed E-state index contributed by atoms with van der Waals surface area (Å²) in [5.74, 6) is -0.398. The zero-order valence-corrected chi connectivity index (χ0v) is 15.0. The lowest BCUT2D eigenvalue weighted by molar-refractivity contribution is 0.568. The lowest BCUT2D eigenvalue weighted by atomic mass is 9.92. The largest absolute Gasteiger partial charge is 0.385 e. The molecule has 24 heavy (non-hydrogen) atoms. The number of aryl methyl sites for hydroxylation is 1. The highest BCUT2D eigenvalue weighted by Gasteiger charge is 2.29. The van der Waals surface area contributed by atoms with Gasteiger partial charge in [0.1, 0.15) is 4.90 Å². The van der Waals surface area contributed by atoms with Crippen LogP contribution in [-0.4, -0.2) is 33.5 Å². The zero-order chi connectivity index (χ0) is 17.3. The predicted molar refractivity (Wildman–Crippen MR) is 93.8 cm³/mol. The summed E-state index contributed by atoms with van der Waals surface area (Å²) in [5, 5.41) is 7.66. The Bertz CT molecular complexity index is 832. The summed E-state index contributed by atoms with van der Waals surface area (Å²) in [5.41, 5.74) is 3.36. The van der Waals surface area contributed by atoms with E-state index in [0.717, 1.165) is 30.6 Å². The Morgan fingerprint density at radius 2 is 2.25 bits per heavy atom. The Kier molecular flexibility index (Phi) is 4.75. The van der Waals surface area contributed by atoms with E-state index in [-0.39, 0.29) is 22.3 Å². The van der Waals surface area contributed by atoms with Crippen molar-refractivity contribution in [1.29, 1.82) is 0 Å². The molecule has 1 aliphatic rings. The van der Waals surface area contributed by atoms with E-state index < -0.39 is 15.8 Å². The first-order valence-electron chi connectivity index (χ1n) is 7.56. The molecule has 2 heterocycles. The molecule has 6 nitrogen and oxygen atoms in total. The van der Waals surface area contributed by atoms with E-state index in [4.69, 9.17) is 0 Å². The molecule has 0 saturated carbocycles. The number of rotatable bonds is 5. The Morgan fingerprint density at radius 1 is 1.46 bits per heavy atom. The Morgan fingerprint density at radius 3 is 2.83 bits per heavy atom. The highest BCUT2D eigenvalue weighted by Crippen LogP contribution is 2.37. The number of hydrogen-bond donors (Lipinski definition) is 3. The van der Waals surface area contributed by atoms with Gasteiger partial charge in [0.15, 0.2) is 11.6 Å². The van der Waals surface area contributed by atoms with Crippen LogP contribution in [0.25, 0.3) is 0 Å². The molecule has 9 heteroatoms. The van der Waals surface area contributed by atoms with E-state index in [0.29, 0.717) is 0 Å². The van der Waals surface area contributed by atoms with Crippen LogP contribution in [0.4, 0.5) is 15.9 Å². The van der Waals surface area contributed by atoms with Gasteiger partial charge in [-0.2, -0.15) is 0 Å². The summed E-state index contributed by atoms with van der Waals surface area (Å²) < 4.78 is 42.4. The Hall–Kier alpha value is -1.71. The minimum absolute atomic E-state index is 0.171. The van der Waals surface area contributed by atoms with Crippen LogP contribution >= 0.6 is 11.3 Å². The Labute approximate surface area is 144 Å². The van der Waals surface area contributed by atoms with E-state index in [1.807, 2.05) is 6.92 Å². The van der Waals surface area contributed by atoms with E-state index in [9.17, 15) is 12.8 Å². The number of sulfonamides is 1. The van der Waals surface area contributed by atoms with Crippen LogP contribution < -0.4 is 15.4 Å². The van der Waals surface area contributed by atoms with Gasteiger partial charge in [0.25, 0.3) is 10.0 Å². The van der Waals surface area contributed by atoms with Crippen LogP contribution in [0.15, 0.2) is 21.9 Å². The lowest BCUT2D eigenvalue weighted by Crippen LogP contribution is -2.18. The summed E-state index contributed by atoms with van der Waals surface area (Å²) in [6.45, 7) is 3.45. The third-order valence-electron chi connectivity index (χ3n) is 4.16. The summed E-state index contributed by atoms with van der Waals surface area (Å²) in [4.78, 5) is 3.52. The normalized spacial score (nSPS) is 17.9. The number of hydrogen-bond acceptors (Lipinski definition) is 6. The SMILES string of the molecule is CNc1c(F)c(S(=O)(=O)Nc2cscn2)cc(C)c1C1CCNC1. The van der Waals surface area contributed by atoms with Crippen molar-refractivity contribution < 1.29 is 12.8 Å². The fourth-order valence-corrected chi connectivity index (χ4v) is 4.82. The molecule has 0 radical (unpaired) electrons. The van der Waals surface area contributed by atoms with Gasteiger partial charge >= 0.3 is 0 Å². The molecule has 0 amide bonds. The predicted octanol–water partition coefficient (Wildman–Crippen LogP) is 2.51. The first-order valence-corrected chi connectivity index (χ1v) is 9.99. The van der Waals surface area contributed by atoms with Crippen molar-refractivity contribution in [3.63, 3.8) is 0 Å². The molecule has 130 valence electrons. The average Bonchev–Trinajstić information content (AvgIpc) is 3.21. The van der Waals surface area contributed by atoms with Crippen molar-refractivity contribution in [2.75, 3.05) is 30.2 Å². The quantitative estimate of drug-likeness (QED) is 0.753. The fourth-order valence-electron chi connectivity index (χ4n) is 3.10. The van der Waals surface area contributed by atoms with E-state index in [2.05, 4.69) is 20.3 Å². The molecule has 1 saturated heterocycles. The maximum Gasteiger partial charge on any atom is 0.266 e. The second-order valence-electron chi connectivity index (χ2n) is 5.71. The summed E-state index contributed by atoms with van der Waals surface area (Å²) >= 11 is 1.26. The van der Waals surface area contributed by atoms with Gasteiger partial charge in [-0.05, 0) is 43.0 Å². The van der Waals surface area contributed by atoms with Gasteiger partial charge in [-0.25, -0.2) is 17.8 Å². The molecular formula is C15H19FN4O2S2. The van der Waals surface area contributed by atoms with Crippen LogP contribution in [0, 0.1) is 12.7 Å². The number of nitrogens with zero attached hydrogens (tertiary/aromatic N) is 1. The van der Waals surface area contributed by atoms with Gasteiger partial charge in [0, 0.05) is 19.0 Å². The summed E-state index contributed by atoms with van der Waals surface area (Å²) in [7, 11) is -2.44. The van der Waals surface area contributed by atoms with E-state index in [1.54, 1.807) is 12.4 Å². The second-order valence-corrected chi connectivity index (χ2v) is 8.08. The van der Waals surface area contributed by atoms with Crippen LogP contribution in [0.3, 0.4) is 0 Å². The minimum Gasteiger partial charge on any atom is -0.385 e. The Balaban J connectivity index is 2.07. The van der Waals surface area contributed by atoms with Gasteiger partial charge in [-0.15, -0.1) is 11.3 Å². The summed E-state index contributed by atoms with van der Waals surface area (Å²) in [6, 6.07) is 1.40. The molecule has 0 bridgehead atoms. The van der Waals surface area contributed by atoms with Crippen molar-refractivity contribution >= 4 is 32.9 Å². The third-order valence-corrected chi connectivity index (χ3v) is 6.10. The van der Waals surface area contributed by atoms with Crippen LogP contribution in [0.2, 0.25) is 0 Å². The lowest BCUT2D eigenvalue weighted by Gasteiger charge is -2.20. The second kappa shape index (κ2) is 6.66. The molecule has 1 fully saturated rings. The molecule has 1 atom stereocenters. The van der Waals surface area contributed by atoms with Crippen molar-refractivity contribution in [1.82, 2.24) is 10.3 Å². The van der Waals surface area contributed by atoms with Crippen molar-refractivity contribution in [2.45, 2.75) is 24.2 Å². The van der Waals surface area contributed by atoms with Crippen LogP contribution in [0.5, 0.6) is 0 Å². The smallest absolute Gasteiger partial charge is 0.266 e. The number of anilines is 2. The molecule has 3 rings (SSSR count). The van der Waals surface area contributed by atoms with Gasteiger partial charge in [-0.3, -0.25) is 4.72 Å². The number of nitrogens with one attached hydrogen (secondary N) is 3. The topological polar surface area (TPSA) is 83.1 Å². The first-order chi connectivity index (χ1) is 11.4. The maximum atomic E-state index is 15.0. The number of benzene rings is 1. The minimum atomic E-state index is -4.05. The monoisotopic (exact) mass is 370 g/mol. The fraction of sp³-hybridized carbons (Fsp3) is 0.400. The van der Waals surface area contributed by atoms with E-state index in [1.165, 1.54) is 22.9 Å². The number of halogens is 1. The van der Waals surface area contributed by atoms with Crippen molar-refractivity contribution in [3.05, 3.63) is 33.9 Å². The molecule has 1 unspecified atom stereocenters. The van der Waals surface area contributed by atoms with Gasteiger partial charge < -0.3 is 10.6 Å². The molecule has 0 aliphatic carbocycles. The highest BCUT2D eigenvalue weighted by atomic mass is 32.2. The van der Waals surface area contributed by atoms with Gasteiger partial charge in [0.2, 0.25) is 0 Å². The van der Waals surface area contributed by atoms with Crippen LogP contribution in [0.1, 0.15) is 23.5 Å². The molecule has 0 spiro atoms. The van der Waals surface area contributed by atoms with Gasteiger partial charge in [0.05, 0.1) is 11.2 Å². The highest BCUT2D eigenvalue weighted by molar-refractivity contribution is 7.92. The van der Waals surface area contributed by atoms with E-state index >= 15 is 0 Å². The molecule has 1 aliphatic heterocycles.